The minimum Gasteiger partial charge on any atom is -0.342 e. The minimum absolute atomic E-state index is 0.0617. The molecule has 2 unspecified atom stereocenters. The van der Waals surface area contributed by atoms with E-state index in [4.69, 9.17) is 4.52 Å². The second-order valence-electron chi connectivity index (χ2n) is 7.05. The quantitative estimate of drug-likeness (QED) is 0.827. The van der Waals surface area contributed by atoms with Gasteiger partial charge >= 0.3 is 0 Å². The van der Waals surface area contributed by atoms with Crippen molar-refractivity contribution >= 4 is 5.91 Å². The first-order valence-electron chi connectivity index (χ1n) is 9.24. The van der Waals surface area contributed by atoms with Gasteiger partial charge in [0.1, 0.15) is 0 Å². The number of hydrogen-bond donors (Lipinski definition) is 0. The predicted octanol–water partition coefficient (Wildman–Crippen LogP) is 3.91. The van der Waals surface area contributed by atoms with Crippen LogP contribution in [0.15, 0.2) is 34.9 Å². The summed E-state index contributed by atoms with van der Waals surface area (Å²) in [6.45, 7) is 7.67. The highest BCUT2D eigenvalue weighted by Gasteiger charge is 2.33. The molecule has 1 aromatic carbocycles. The fraction of sp³-hybridized carbons (Fsp3) is 0.550. The molecule has 1 saturated heterocycles. The lowest BCUT2D eigenvalue weighted by Crippen LogP contribution is -2.42. The lowest BCUT2D eigenvalue weighted by atomic mass is 9.83. The molecule has 1 amide bonds. The van der Waals surface area contributed by atoms with Crippen molar-refractivity contribution in [2.75, 3.05) is 13.1 Å². The van der Waals surface area contributed by atoms with Crippen molar-refractivity contribution in [2.45, 2.75) is 51.9 Å². The Morgan fingerprint density at radius 2 is 1.96 bits per heavy atom. The van der Waals surface area contributed by atoms with Crippen molar-refractivity contribution in [3.63, 3.8) is 0 Å². The summed E-state index contributed by atoms with van der Waals surface area (Å²) in [5, 5.41) is 3.88. The Morgan fingerprint density at radius 1 is 1.28 bits per heavy atom. The molecule has 1 aromatic heterocycles. The zero-order chi connectivity index (χ0) is 17.8. The van der Waals surface area contributed by atoms with Crippen molar-refractivity contribution < 1.29 is 9.32 Å². The Labute approximate surface area is 149 Å². The SMILES string of the molecule is CCC(C)C(C(=O)N1CCC(c2nc(C)no2)CC1)c1ccccc1. The molecule has 3 rings (SSSR count). The van der Waals surface area contributed by atoms with Gasteiger partial charge in [0.2, 0.25) is 11.8 Å². The van der Waals surface area contributed by atoms with E-state index in [9.17, 15) is 4.79 Å². The first-order valence-corrected chi connectivity index (χ1v) is 9.24. The van der Waals surface area contributed by atoms with Gasteiger partial charge in [0.05, 0.1) is 5.92 Å². The zero-order valence-electron chi connectivity index (χ0n) is 15.3. The highest BCUT2D eigenvalue weighted by atomic mass is 16.5. The minimum atomic E-state index is -0.0617. The number of hydrogen-bond acceptors (Lipinski definition) is 4. The third-order valence-electron chi connectivity index (χ3n) is 5.34. The molecule has 0 spiro atoms. The molecule has 0 radical (unpaired) electrons. The summed E-state index contributed by atoms with van der Waals surface area (Å²) in [7, 11) is 0. The molecule has 0 bridgehead atoms. The molecule has 134 valence electrons. The number of carbonyl (C=O) groups is 1. The van der Waals surface area contributed by atoms with E-state index in [2.05, 4.69) is 36.1 Å². The Hall–Kier alpha value is -2.17. The Kier molecular flexibility index (Phi) is 5.51. The van der Waals surface area contributed by atoms with Gasteiger partial charge in [0, 0.05) is 19.0 Å². The van der Waals surface area contributed by atoms with Gasteiger partial charge in [-0.15, -0.1) is 0 Å². The van der Waals surface area contributed by atoms with Crippen molar-refractivity contribution in [2.24, 2.45) is 5.92 Å². The van der Waals surface area contributed by atoms with Crippen LogP contribution in [0.1, 0.15) is 62.2 Å². The van der Waals surface area contributed by atoms with Gasteiger partial charge in [-0.05, 0) is 31.2 Å². The molecule has 0 N–H and O–H groups in total. The number of nitrogens with zero attached hydrogens (tertiary/aromatic N) is 3. The van der Waals surface area contributed by atoms with Crippen LogP contribution in [-0.2, 0) is 4.79 Å². The third kappa shape index (κ3) is 3.91. The van der Waals surface area contributed by atoms with Crippen molar-refractivity contribution in [1.82, 2.24) is 15.0 Å². The smallest absolute Gasteiger partial charge is 0.230 e. The Morgan fingerprint density at radius 3 is 2.52 bits per heavy atom. The standard InChI is InChI=1S/C20H27N3O2/c1-4-14(2)18(16-8-6-5-7-9-16)20(24)23-12-10-17(11-13-23)19-21-15(3)22-25-19/h5-9,14,17-18H,4,10-13H2,1-3H3. The van der Waals surface area contributed by atoms with Crippen LogP contribution in [0.2, 0.25) is 0 Å². The number of aromatic nitrogens is 2. The zero-order valence-corrected chi connectivity index (χ0v) is 15.3. The lowest BCUT2D eigenvalue weighted by molar-refractivity contribution is -0.135. The summed E-state index contributed by atoms with van der Waals surface area (Å²) in [5.41, 5.74) is 1.12. The number of benzene rings is 1. The maximum absolute atomic E-state index is 13.2. The number of carbonyl (C=O) groups excluding carboxylic acids is 1. The van der Waals surface area contributed by atoms with Crippen LogP contribution in [0.5, 0.6) is 0 Å². The number of rotatable bonds is 5. The first-order chi connectivity index (χ1) is 12.1. The Balaban J connectivity index is 1.69. The van der Waals surface area contributed by atoms with E-state index < -0.39 is 0 Å². The second kappa shape index (κ2) is 7.81. The van der Waals surface area contributed by atoms with Crippen LogP contribution in [0.4, 0.5) is 0 Å². The van der Waals surface area contributed by atoms with Crippen LogP contribution >= 0.6 is 0 Å². The monoisotopic (exact) mass is 341 g/mol. The summed E-state index contributed by atoms with van der Waals surface area (Å²) >= 11 is 0. The van der Waals surface area contributed by atoms with Crippen LogP contribution in [-0.4, -0.2) is 34.0 Å². The highest BCUT2D eigenvalue weighted by Crippen LogP contribution is 2.32. The maximum atomic E-state index is 13.2. The highest BCUT2D eigenvalue weighted by molar-refractivity contribution is 5.84. The van der Waals surface area contributed by atoms with Gasteiger partial charge < -0.3 is 9.42 Å². The van der Waals surface area contributed by atoms with E-state index in [-0.39, 0.29) is 17.7 Å². The molecule has 5 nitrogen and oxygen atoms in total. The van der Waals surface area contributed by atoms with Crippen molar-refractivity contribution in [1.29, 1.82) is 0 Å². The number of likely N-dealkylation sites (tertiary alicyclic amines) is 1. The molecular weight excluding hydrogens is 314 g/mol. The average Bonchev–Trinajstić information content (AvgIpc) is 3.09. The van der Waals surface area contributed by atoms with Crippen LogP contribution in [0.3, 0.4) is 0 Å². The van der Waals surface area contributed by atoms with E-state index >= 15 is 0 Å². The van der Waals surface area contributed by atoms with Gasteiger partial charge in [-0.2, -0.15) is 4.98 Å². The summed E-state index contributed by atoms with van der Waals surface area (Å²) in [6, 6.07) is 10.2. The molecule has 1 fully saturated rings. The summed E-state index contributed by atoms with van der Waals surface area (Å²) in [6.07, 6.45) is 2.76. The lowest BCUT2D eigenvalue weighted by Gasteiger charge is -2.35. The van der Waals surface area contributed by atoms with E-state index in [0.29, 0.717) is 17.6 Å². The average molecular weight is 341 g/mol. The number of aryl methyl sites for hydroxylation is 1. The molecule has 25 heavy (non-hydrogen) atoms. The van der Waals surface area contributed by atoms with Gasteiger partial charge in [0.25, 0.3) is 0 Å². The van der Waals surface area contributed by atoms with Gasteiger partial charge in [0.15, 0.2) is 5.82 Å². The van der Waals surface area contributed by atoms with Gasteiger partial charge in [-0.25, -0.2) is 0 Å². The fourth-order valence-corrected chi connectivity index (χ4v) is 3.63. The second-order valence-corrected chi connectivity index (χ2v) is 7.05. The molecule has 0 aliphatic carbocycles. The molecule has 0 saturated carbocycles. The first kappa shape index (κ1) is 17.6. The fourth-order valence-electron chi connectivity index (χ4n) is 3.63. The number of piperidine rings is 1. The summed E-state index contributed by atoms with van der Waals surface area (Å²) in [5.74, 6) is 2.17. The van der Waals surface area contributed by atoms with E-state index in [1.165, 1.54) is 0 Å². The normalized spacial score (nSPS) is 18.1. The van der Waals surface area contributed by atoms with E-state index in [1.54, 1.807) is 0 Å². The van der Waals surface area contributed by atoms with Crippen LogP contribution in [0.25, 0.3) is 0 Å². The van der Waals surface area contributed by atoms with E-state index in [0.717, 1.165) is 37.9 Å². The molecule has 1 aliphatic rings. The molecular formula is C20H27N3O2. The van der Waals surface area contributed by atoms with Crippen LogP contribution in [0, 0.1) is 12.8 Å². The van der Waals surface area contributed by atoms with Gasteiger partial charge in [-0.1, -0.05) is 55.8 Å². The Bertz CT molecular complexity index is 690. The molecule has 2 heterocycles. The molecule has 2 aromatic rings. The summed E-state index contributed by atoms with van der Waals surface area (Å²) in [4.78, 5) is 19.6. The molecule has 5 heteroatoms. The maximum Gasteiger partial charge on any atom is 0.230 e. The van der Waals surface area contributed by atoms with E-state index in [1.807, 2.05) is 30.0 Å². The topological polar surface area (TPSA) is 59.2 Å². The van der Waals surface area contributed by atoms with Crippen LogP contribution < -0.4 is 0 Å². The van der Waals surface area contributed by atoms with Crippen molar-refractivity contribution in [3.05, 3.63) is 47.6 Å². The summed E-state index contributed by atoms with van der Waals surface area (Å²) < 4.78 is 5.31. The third-order valence-corrected chi connectivity index (χ3v) is 5.34. The molecule has 2 atom stereocenters. The van der Waals surface area contributed by atoms with Crippen molar-refractivity contribution in [3.8, 4) is 0 Å². The number of amides is 1. The molecule has 1 aliphatic heterocycles. The largest absolute Gasteiger partial charge is 0.342 e. The van der Waals surface area contributed by atoms with Gasteiger partial charge in [-0.3, -0.25) is 4.79 Å². The predicted molar refractivity (Wildman–Crippen MR) is 96.2 cm³/mol.